The molecule has 0 saturated heterocycles. The molecule has 0 bridgehead atoms. The largest absolute Gasteiger partial charge is 0.465 e. The molecule has 0 aliphatic rings. The number of nitrogens with one attached hydrogen (secondary N) is 2. The SMILES string of the molecule is COC(=O)c1ccc(Nc2cc(C(=O)NC(C)C)nc(-c3ccccc3)n2)cc1. The third-order valence-corrected chi connectivity index (χ3v) is 3.99. The molecule has 0 aliphatic heterocycles. The molecule has 2 N–H and O–H groups in total. The van der Waals surface area contributed by atoms with Crippen molar-refractivity contribution in [3.8, 4) is 11.4 Å². The average Bonchev–Trinajstić information content (AvgIpc) is 2.73. The van der Waals surface area contributed by atoms with Crippen molar-refractivity contribution in [1.82, 2.24) is 15.3 Å². The van der Waals surface area contributed by atoms with Gasteiger partial charge in [-0.3, -0.25) is 4.79 Å². The molecule has 7 heteroatoms. The maximum absolute atomic E-state index is 12.5. The zero-order valence-electron chi connectivity index (χ0n) is 16.5. The van der Waals surface area contributed by atoms with Crippen molar-refractivity contribution in [3.63, 3.8) is 0 Å². The van der Waals surface area contributed by atoms with E-state index in [2.05, 4.69) is 20.6 Å². The first-order chi connectivity index (χ1) is 14.0. The maximum atomic E-state index is 12.5. The lowest BCUT2D eigenvalue weighted by Crippen LogP contribution is -2.31. The number of amides is 1. The van der Waals surface area contributed by atoms with Gasteiger partial charge in [0.05, 0.1) is 12.7 Å². The minimum absolute atomic E-state index is 0.0140. The summed E-state index contributed by atoms with van der Waals surface area (Å²) in [7, 11) is 1.34. The Morgan fingerprint density at radius 3 is 2.28 bits per heavy atom. The highest BCUT2D eigenvalue weighted by Gasteiger charge is 2.14. The van der Waals surface area contributed by atoms with Crippen molar-refractivity contribution in [3.05, 3.63) is 71.9 Å². The molecule has 3 rings (SSSR count). The van der Waals surface area contributed by atoms with Gasteiger partial charge in [0.25, 0.3) is 5.91 Å². The Morgan fingerprint density at radius 2 is 1.66 bits per heavy atom. The second-order valence-electron chi connectivity index (χ2n) is 6.65. The number of ether oxygens (including phenoxy) is 1. The fourth-order valence-corrected chi connectivity index (χ4v) is 2.64. The summed E-state index contributed by atoms with van der Waals surface area (Å²) in [4.78, 5) is 33.1. The van der Waals surface area contributed by atoms with Gasteiger partial charge < -0.3 is 15.4 Å². The maximum Gasteiger partial charge on any atom is 0.337 e. The van der Waals surface area contributed by atoms with Crippen LogP contribution in [0.2, 0.25) is 0 Å². The highest BCUT2D eigenvalue weighted by molar-refractivity contribution is 5.94. The van der Waals surface area contributed by atoms with Crippen LogP contribution >= 0.6 is 0 Å². The van der Waals surface area contributed by atoms with E-state index in [1.807, 2.05) is 44.2 Å². The van der Waals surface area contributed by atoms with E-state index in [4.69, 9.17) is 4.74 Å². The van der Waals surface area contributed by atoms with E-state index < -0.39 is 5.97 Å². The summed E-state index contributed by atoms with van der Waals surface area (Å²) in [6.07, 6.45) is 0. The van der Waals surface area contributed by atoms with Crippen LogP contribution in [0.4, 0.5) is 11.5 Å². The van der Waals surface area contributed by atoms with E-state index in [9.17, 15) is 9.59 Å². The summed E-state index contributed by atoms with van der Waals surface area (Å²) in [5.41, 5.74) is 2.23. The third-order valence-electron chi connectivity index (χ3n) is 3.99. The smallest absolute Gasteiger partial charge is 0.337 e. The molecule has 0 radical (unpaired) electrons. The quantitative estimate of drug-likeness (QED) is 0.622. The molecule has 1 amide bonds. The number of anilines is 2. The summed E-state index contributed by atoms with van der Waals surface area (Å²) in [5, 5.41) is 6.01. The van der Waals surface area contributed by atoms with Crippen LogP contribution in [-0.4, -0.2) is 35.0 Å². The van der Waals surface area contributed by atoms with Crippen molar-refractivity contribution in [2.24, 2.45) is 0 Å². The molecule has 0 spiro atoms. The number of hydrogen-bond donors (Lipinski definition) is 2. The van der Waals surface area contributed by atoms with Crippen LogP contribution in [0.25, 0.3) is 11.4 Å². The van der Waals surface area contributed by atoms with E-state index >= 15 is 0 Å². The van der Waals surface area contributed by atoms with Crippen LogP contribution in [0.15, 0.2) is 60.7 Å². The third kappa shape index (κ3) is 5.16. The predicted octanol–water partition coefficient (Wildman–Crippen LogP) is 3.81. The van der Waals surface area contributed by atoms with Crippen LogP contribution in [0.5, 0.6) is 0 Å². The van der Waals surface area contributed by atoms with Gasteiger partial charge in [-0.25, -0.2) is 14.8 Å². The second-order valence-corrected chi connectivity index (χ2v) is 6.65. The number of carbonyl (C=O) groups is 2. The first-order valence-electron chi connectivity index (χ1n) is 9.17. The fraction of sp³-hybridized carbons (Fsp3) is 0.182. The summed E-state index contributed by atoms with van der Waals surface area (Å²) < 4.78 is 4.71. The van der Waals surface area contributed by atoms with Gasteiger partial charge in [0.2, 0.25) is 0 Å². The molecule has 0 fully saturated rings. The lowest BCUT2D eigenvalue weighted by molar-refractivity contribution is 0.0600. The van der Waals surface area contributed by atoms with Crippen LogP contribution < -0.4 is 10.6 Å². The van der Waals surface area contributed by atoms with E-state index in [-0.39, 0.29) is 17.6 Å². The Balaban J connectivity index is 1.94. The van der Waals surface area contributed by atoms with Crippen LogP contribution in [-0.2, 0) is 4.74 Å². The van der Waals surface area contributed by atoms with Gasteiger partial charge >= 0.3 is 5.97 Å². The Labute approximate surface area is 169 Å². The Bertz CT molecular complexity index is 1000. The monoisotopic (exact) mass is 390 g/mol. The molecule has 1 heterocycles. The molecule has 1 aromatic heterocycles. The summed E-state index contributed by atoms with van der Waals surface area (Å²) in [6.45, 7) is 3.78. The van der Waals surface area contributed by atoms with Crippen LogP contribution in [0.1, 0.15) is 34.7 Å². The van der Waals surface area contributed by atoms with E-state index in [1.165, 1.54) is 7.11 Å². The Morgan fingerprint density at radius 1 is 0.966 bits per heavy atom. The fourth-order valence-electron chi connectivity index (χ4n) is 2.64. The molecule has 148 valence electrons. The first-order valence-corrected chi connectivity index (χ1v) is 9.17. The molecule has 3 aromatic rings. The molecular formula is C22H22N4O3. The highest BCUT2D eigenvalue weighted by Crippen LogP contribution is 2.21. The van der Waals surface area contributed by atoms with Gasteiger partial charge in [-0.1, -0.05) is 30.3 Å². The number of methoxy groups -OCH3 is 1. The standard InChI is InChI=1S/C22H22N4O3/c1-14(2)23-21(27)18-13-19(26-20(25-18)15-7-5-4-6-8-15)24-17-11-9-16(10-12-17)22(28)29-3/h4-14H,1-3H3,(H,23,27)(H,24,25,26). The minimum atomic E-state index is -0.405. The molecule has 2 aromatic carbocycles. The average molecular weight is 390 g/mol. The van der Waals surface area contributed by atoms with Gasteiger partial charge in [-0.05, 0) is 38.1 Å². The van der Waals surface area contributed by atoms with Crippen LogP contribution in [0, 0.1) is 0 Å². The first kappa shape index (κ1) is 20.0. The van der Waals surface area contributed by atoms with E-state index in [0.29, 0.717) is 22.9 Å². The van der Waals surface area contributed by atoms with Gasteiger partial charge in [-0.15, -0.1) is 0 Å². The highest BCUT2D eigenvalue weighted by atomic mass is 16.5. The summed E-state index contributed by atoms with van der Waals surface area (Å²) in [6, 6.07) is 17.8. The summed E-state index contributed by atoms with van der Waals surface area (Å²) >= 11 is 0. The number of esters is 1. The molecule has 0 saturated carbocycles. The lowest BCUT2D eigenvalue weighted by Gasteiger charge is -2.12. The van der Waals surface area contributed by atoms with Gasteiger partial charge in [0.15, 0.2) is 5.82 Å². The number of carbonyl (C=O) groups excluding carboxylic acids is 2. The van der Waals surface area contributed by atoms with Crippen molar-refractivity contribution >= 4 is 23.4 Å². The van der Waals surface area contributed by atoms with Crippen molar-refractivity contribution in [1.29, 1.82) is 0 Å². The van der Waals surface area contributed by atoms with Crippen molar-refractivity contribution < 1.29 is 14.3 Å². The molecular weight excluding hydrogens is 368 g/mol. The molecule has 7 nitrogen and oxygen atoms in total. The normalized spacial score (nSPS) is 10.5. The second kappa shape index (κ2) is 8.97. The topological polar surface area (TPSA) is 93.2 Å². The van der Waals surface area contributed by atoms with E-state index in [0.717, 1.165) is 5.56 Å². The Hall–Kier alpha value is -3.74. The minimum Gasteiger partial charge on any atom is -0.465 e. The van der Waals surface area contributed by atoms with Crippen molar-refractivity contribution in [2.45, 2.75) is 19.9 Å². The molecule has 0 aliphatic carbocycles. The number of hydrogen-bond acceptors (Lipinski definition) is 6. The zero-order valence-corrected chi connectivity index (χ0v) is 16.5. The zero-order chi connectivity index (χ0) is 20.8. The number of nitrogens with zero attached hydrogens (tertiary/aromatic N) is 2. The van der Waals surface area contributed by atoms with Gasteiger partial charge in [0.1, 0.15) is 11.5 Å². The number of benzene rings is 2. The molecule has 0 atom stereocenters. The van der Waals surface area contributed by atoms with Crippen LogP contribution in [0.3, 0.4) is 0 Å². The Kier molecular flexibility index (Phi) is 6.19. The predicted molar refractivity (Wildman–Crippen MR) is 111 cm³/mol. The number of aromatic nitrogens is 2. The lowest BCUT2D eigenvalue weighted by atomic mass is 10.2. The number of rotatable bonds is 6. The van der Waals surface area contributed by atoms with Crippen molar-refractivity contribution in [2.75, 3.05) is 12.4 Å². The molecule has 29 heavy (non-hydrogen) atoms. The summed E-state index contributed by atoms with van der Waals surface area (Å²) in [5.74, 6) is 0.232. The molecule has 0 unspecified atom stereocenters. The van der Waals surface area contributed by atoms with Gasteiger partial charge in [-0.2, -0.15) is 0 Å². The van der Waals surface area contributed by atoms with Gasteiger partial charge in [0, 0.05) is 23.4 Å². The van der Waals surface area contributed by atoms with E-state index in [1.54, 1.807) is 30.3 Å².